The molecule has 0 radical (unpaired) electrons. The minimum Gasteiger partial charge on any atom is -0.376 e. The molecule has 2 aromatic carbocycles. The molecule has 2 amide bonds. The van der Waals surface area contributed by atoms with E-state index in [0.717, 1.165) is 12.1 Å². The van der Waals surface area contributed by atoms with Gasteiger partial charge in [0.05, 0.1) is 22.3 Å². The summed E-state index contributed by atoms with van der Waals surface area (Å²) in [6, 6.07) is 6.89. The maximum atomic E-state index is 13.2. The fourth-order valence-corrected chi connectivity index (χ4v) is 3.31. The highest BCUT2D eigenvalue weighted by molar-refractivity contribution is 6.39. The van der Waals surface area contributed by atoms with Gasteiger partial charge in [0.15, 0.2) is 5.60 Å². The number of fused-ring (bicyclic) bond motifs is 1. The number of aliphatic hydroxyl groups is 1. The molecule has 0 aliphatic carbocycles. The topological polar surface area (TPSA) is 77.2 Å². The number of rotatable bonds is 4. The third-order valence-corrected chi connectivity index (χ3v) is 5.07. The average molecular weight is 464 g/mol. The summed E-state index contributed by atoms with van der Waals surface area (Å²) in [6.45, 7) is 0.624. The number of aromatic nitrogens is 1. The van der Waals surface area contributed by atoms with E-state index in [9.17, 15) is 27.5 Å². The second-order valence-corrected chi connectivity index (χ2v) is 7.53. The van der Waals surface area contributed by atoms with Crippen LogP contribution in [0.3, 0.4) is 0 Å². The zero-order chi connectivity index (χ0) is 22.3. The normalized spacial score (nSPS) is 13.9. The maximum absolute atomic E-state index is 13.2. The van der Waals surface area contributed by atoms with Gasteiger partial charge in [-0.15, -0.1) is 0 Å². The van der Waals surface area contributed by atoms with Crippen molar-refractivity contribution in [3.05, 3.63) is 63.5 Å². The lowest BCUT2D eigenvalue weighted by atomic mass is 9.95. The maximum Gasteiger partial charge on any atom is 0.421 e. The summed E-state index contributed by atoms with van der Waals surface area (Å²) in [4.78, 5) is 15.2. The van der Waals surface area contributed by atoms with Crippen molar-refractivity contribution >= 4 is 45.8 Å². The first-order valence-electron chi connectivity index (χ1n) is 8.49. The van der Waals surface area contributed by atoms with E-state index in [1.807, 2.05) is 0 Å². The predicted molar refractivity (Wildman–Crippen MR) is 106 cm³/mol. The standard InChI is InChI=1S/C19H15Cl2F4N3O2/c1-18(30,19(23,24)25)10-6-13(20)16(14(21)7-10)28-17(29)26-8-12-5-9-4-11(22)2-3-15(9)27-12/h2-7,27,30H,8H2,1H3,(H2,26,28,29). The van der Waals surface area contributed by atoms with E-state index >= 15 is 0 Å². The van der Waals surface area contributed by atoms with E-state index in [1.165, 1.54) is 12.1 Å². The van der Waals surface area contributed by atoms with E-state index < -0.39 is 29.2 Å². The van der Waals surface area contributed by atoms with Gasteiger partial charge in [0.1, 0.15) is 5.82 Å². The molecule has 5 nitrogen and oxygen atoms in total. The Hall–Kier alpha value is -2.49. The van der Waals surface area contributed by atoms with Crippen LogP contribution in [-0.4, -0.2) is 22.3 Å². The SMILES string of the molecule is CC(O)(c1cc(Cl)c(NC(=O)NCc2cc3cc(F)ccc3[nH]2)c(Cl)c1)C(F)(F)F. The summed E-state index contributed by atoms with van der Waals surface area (Å²) >= 11 is 11.9. The zero-order valence-electron chi connectivity index (χ0n) is 15.3. The summed E-state index contributed by atoms with van der Waals surface area (Å²) in [7, 11) is 0. The van der Waals surface area contributed by atoms with Gasteiger partial charge in [-0.05, 0) is 48.9 Å². The van der Waals surface area contributed by atoms with Crippen molar-refractivity contribution in [2.24, 2.45) is 0 Å². The first-order valence-corrected chi connectivity index (χ1v) is 9.24. The molecule has 0 fully saturated rings. The van der Waals surface area contributed by atoms with Crippen molar-refractivity contribution in [2.75, 3.05) is 5.32 Å². The molecule has 0 bridgehead atoms. The first kappa shape index (κ1) is 22.2. The van der Waals surface area contributed by atoms with Crippen LogP contribution in [0, 0.1) is 5.82 Å². The summed E-state index contributed by atoms with van der Waals surface area (Å²) < 4.78 is 52.3. The number of benzene rings is 2. The van der Waals surface area contributed by atoms with Gasteiger partial charge in [0.25, 0.3) is 0 Å². The number of hydrogen-bond acceptors (Lipinski definition) is 2. The van der Waals surface area contributed by atoms with Gasteiger partial charge < -0.3 is 20.7 Å². The van der Waals surface area contributed by atoms with Crippen LogP contribution in [0.5, 0.6) is 0 Å². The quantitative estimate of drug-likeness (QED) is 0.374. The van der Waals surface area contributed by atoms with Crippen LogP contribution in [0.4, 0.5) is 28.0 Å². The number of amides is 2. The molecule has 0 aliphatic rings. The van der Waals surface area contributed by atoms with Gasteiger partial charge in [-0.1, -0.05) is 23.2 Å². The molecule has 0 aliphatic heterocycles. The molecular formula is C19H15Cl2F4N3O2. The molecular weight excluding hydrogens is 449 g/mol. The highest BCUT2D eigenvalue weighted by Crippen LogP contribution is 2.42. The molecule has 1 atom stereocenters. The number of anilines is 1. The Morgan fingerprint density at radius 1 is 1.13 bits per heavy atom. The lowest BCUT2D eigenvalue weighted by molar-refractivity contribution is -0.258. The lowest BCUT2D eigenvalue weighted by Gasteiger charge is -2.27. The molecule has 0 spiro atoms. The fourth-order valence-electron chi connectivity index (χ4n) is 2.73. The summed E-state index contributed by atoms with van der Waals surface area (Å²) in [6.07, 6.45) is -4.95. The lowest BCUT2D eigenvalue weighted by Crippen LogP contribution is -2.39. The number of hydrogen-bond donors (Lipinski definition) is 4. The minimum absolute atomic E-state index is 0.0538. The Morgan fingerprint density at radius 2 is 1.77 bits per heavy atom. The van der Waals surface area contributed by atoms with Crippen LogP contribution in [0.25, 0.3) is 10.9 Å². The number of nitrogens with one attached hydrogen (secondary N) is 3. The zero-order valence-corrected chi connectivity index (χ0v) is 16.8. The van der Waals surface area contributed by atoms with Gasteiger partial charge >= 0.3 is 12.2 Å². The van der Waals surface area contributed by atoms with Crippen molar-refractivity contribution in [3.8, 4) is 0 Å². The van der Waals surface area contributed by atoms with E-state index in [0.29, 0.717) is 23.5 Å². The van der Waals surface area contributed by atoms with E-state index in [4.69, 9.17) is 23.2 Å². The Bertz CT molecular complexity index is 1090. The van der Waals surface area contributed by atoms with Gasteiger partial charge in [0, 0.05) is 16.6 Å². The number of halogens is 6. The van der Waals surface area contributed by atoms with Crippen molar-refractivity contribution in [2.45, 2.75) is 25.2 Å². The molecule has 30 heavy (non-hydrogen) atoms. The smallest absolute Gasteiger partial charge is 0.376 e. The fraction of sp³-hybridized carbons (Fsp3) is 0.211. The van der Waals surface area contributed by atoms with E-state index in [2.05, 4.69) is 15.6 Å². The third-order valence-electron chi connectivity index (χ3n) is 4.47. The minimum atomic E-state index is -4.95. The second-order valence-electron chi connectivity index (χ2n) is 6.72. The Labute approximate surface area is 178 Å². The van der Waals surface area contributed by atoms with Crippen molar-refractivity contribution in [3.63, 3.8) is 0 Å². The molecule has 0 saturated carbocycles. The van der Waals surface area contributed by atoms with Crippen LogP contribution in [0.1, 0.15) is 18.2 Å². The Kier molecular flexibility index (Phi) is 5.90. The Morgan fingerprint density at radius 3 is 2.37 bits per heavy atom. The molecule has 11 heteroatoms. The monoisotopic (exact) mass is 463 g/mol. The summed E-state index contributed by atoms with van der Waals surface area (Å²) in [5.74, 6) is -0.393. The van der Waals surface area contributed by atoms with Crippen molar-refractivity contribution in [1.29, 1.82) is 0 Å². The van der Waals surface area contributed by atoms with Crippen LogP contribution >= 0.6 is 23.2 Å². The number of aromatic amines is 1. The number of H-pyrrole nitrogens is 1. The molecule has 1 aromatic heterocycles. The first-order chi connectivity index (χ1) is 13.9. The van der Waals surface area contributed by atoms with Crippen LogP contribution in [0.15, 0.2) is 36.4 Å². The largest absolute Gasteiger partial charge is 0.421 e. The molecule has 3 rings (SSSR count). The van der Waals surface area contributed by atoms with E-state index in [1.54, 1.807) is 12.1 Å². The number of carbonyl (C=O) groups excluding carboxylic acids is 1. The third kappa shape index (κ3) is 4.48. The van der Waals surface area contributed by atoms with Gasteiger partial charge in [-0.3, -0.25) is 0 Å². The summed E-state index contributed by atoms with van der Waals surface area (Å²) in [5, 5.41) is 14.7. The molecule has 1 heterocycles. The van der Waals surface area contributed by atoms with Gasteiger partial charge in [-0.2, -0.15) is 13.2 Å². The average Bonchev–Trinajstić information content (AvgIpc) is 3.03. The highest BCUT2D eigenvalue weighted by atomic mass is 35.5. The van der Waals surface area contributed by atoms with E-state index in [-0.39, 0.29) is 22.3 Å². The number of carbonyl (C=O) groups is 1. The summed E-state index contributed by atoms with van der Waals surface area (Å²) in [5.41, 5.74) is -2.57. The molecule has 1 unspecified atom stereocenters. The van der Waals surface area contributed by atoms with Crippen molar-refractivity contribution < 1.29 is 27.5 Å². The van der Waals surface area contributed by atoms with Crippen LogP contribution < -0.4 is 10.6 Å². The molecule has 0 saturated heterocycles. The number of alkyl halides is 3. The second kappa shape index (κ2) is 7.98. The molecule has 4 N–H and O–H groups in total. The number of urea groups is 1. The van der Waals surface area contributed by atoms with Crippen LogP contribution in [-0.2, 0) is 12.1 Å². The molecule has 3 aromatic rings. The van der Waals surface area contributed by atoms with Crippen molar-refractivity contribution in [1.82, 2.24) is 10.3 Å². The van der Waals surface area contributed by atoms with Crippen LogP contribution in [0.2, 0.25) is 10.0 Å². The van der Waals surface area contributed by atoms with Gasteiger partial charge in [-0.25, -0.2) is 9.18 Å². The van der Waals surface area contributed by atoms with Gasteiger partial charge in [0.2, 0.25) is 0 Å². The highest BCUT2D eigenvalue weighted by Gasteiger charge is 2.51. The molecule has 160 valence electrons. The Balaban J connectivity index is 1.71. The predicted octanol–water partition coefficient (Wildman–Crippen LogP) is 5.71.